The zero-order valence-electron chi connectivity index (χ0n) is 11.2. The number of hydrogen-bond acceptors (Lipinski definition) is 4. The Morgan fingerprint density at radius 1 is 1.30 bits per heavy atom. The minimum absolute atomic E-state index is 0.366. The molecule has 1 unspecified atom stereocenters. The first-order valence-corrected chi connectivity index (χ1v) is 7.78. The SMILES string of the molecule is Brc1cnc2c(N3CCC4(CCOC4)C3)ccnc2c1. The summed E-state index contributed by atoms with van der Waals surface area (Å²) >= 11 is 3.46. The normalized spacial score (nSPS) is 25.9. The van der Waals surface area contributed by atoms with Crippen LogP contribution in [0.3, 0.4) is 0 Å². The molecule has 20 heavy (non-hydrogen) atoms. The van der Waals surface area contributed by atoms with Gasteiger partial charge in [-0.3, -0.25) is 9.97 Å². The number of halogens is 1. The highest BCUT2D eigenvalue weighted by Gasteiger charge is 2.41. The number of nitrogens with zero attached hydrogens (tertiary/aromatic N) is 3. The quantitative estimate of drug-likeness (QED) is 0.804. The molecule has 0 aromatic carbocycles. The van der Waals surface area contributed by atoms with Crippen molar-refractivity contribution >= 4 is 32.7 Å². The summed E-state index contributed by atoms with van der Waals surface area (Å²) < 4.78 is 6.58. The van der Waals surface area contributed by atoms with Gasteiger partial charge in [-0.25, -0.2) is 0 Å². The van der Waals surface area contributed by atoms with E-state index in [0.29, 0.717) is 5.41 Å². The van der Waals surface area contributed by atoms with E-state index >= 15 is 0 Å². The van der Waals surface area contributed by atoms with Crippen LogP contribution < -0.4 is 4.90 Å². The van der Waals surface area contributed by atoms with E-state index in [1.165, 1.54) is 18.5 Å². The van der Waals surface area contributed by atoms with Gasteiger partial charge in [0, 0.05) is 42.0 Å². The lowest BCUT2D eigenvalue weighted by molar-refractivity contribution is 0.160. The van der Waals surface area contributed by atoms with Crippen molar-refractivity contribution in [3.05, 3.63) is 29.0 Å². The molecule has 2 aliphatic rings. The maximum absolute atomic E-state index is 5.61. The van der Waals surface area contributed by atoms with Gasteiger partial charge in [-0.2, -0.15) is 0 Å². The number of fused-ring (bicyclic) bond motifs is 1. The first-order valence-electron chi connectivity index (χ1n) is 6.99. The first kappa shape index (κ1) is 12.5. The average Bonchev–Trinajstić information content (AvgIpc) is 3.09. The first-order chi connectivity index (χ1) is 9.76. The van der Waals surface area contributed by atoms with Crippen molar-refractivity contribution in [3.8, 4) is 0 Å². The van der Waals surface area contributed by atoms with Crippen LogP contribution in [0.5, 0.6) is 0 Å². The number of hydrogen-bond donors (Lipinski definition) is 0. The van der Waals surface area contributed by atoms with Crippen molar-refractivity contribution in [1.29, 1.82) is 0 Å². The van der Waals surface area contributed by atoms with Gasteiger partial charge in [0.15, 0.2) is 0 Å². The van der Waals surface area contributed by atoms with Crippen LogP contribution in [-0.4, -0.2) is 36.3 Å². The highest BCUT2D eigenvalue weighted by molar-refractivity contribution is 9.10. The van der Waals surface area contributed by atoms with Crippen LogP contribution in [0.1, 0.15) is 12.8 Å². The fraction of sp³-hybridized carbons (Fsp3) is 0.467. The predicted molar refractivity (Wildman–Crippen MR) is 81.9 cm³/mol. The largest absolute Gasteiger partial charge is 0.381 e. The van der Waals surface area contributed by atoms with Gasteiger partial charge < -0.3 is 9.64 Å². The smallest absolute Gasteiger partial charge is 0.112 e. The molecule has 2 aromatic heterocycles. The van der Waals surface area contributed by atoms with E-state index in [9.17, 15) is 0 Å². The number of aromatic nitrogens is 2. The molecular formula is C15H16BrN3O. The van der Waals surface area contributed by atoms with E-state index in [1.54, 1.807) is 0 Å². The van der Waals surface area contributed by atoms with Gasteiger partial charge in [-0.1, -0.05) is 0 Å². The van der Waals surface area contributed by atoms with E-state index in [0.717, 1.165) is 41.8 Å². The molecule has 0 amide bonds. The van der Waals surface area contributed by atoms with E-state index < -0.39 is 0 Å². The van der Waals surface area contributed by atoms with Crippen LogP contribution in [0.25, 0.3) is 11.0 Å². The molecule has 2 fully saturated rings. The lowest BCUT2D eigenvalue weighted by atomic mass is 9.87. The molecule has 0 saturated carbocycles. The minimum atomic E-state index is 0.366. The van der Waals surface area contributed by atoms with E-state index in [-0.39, 0.29) is 0 Å². The van der Waals surface area contributed by atoms with Crippen LogP contribution in [0.2, 0.25) is 0 Å². The molecule has 4 rings (SSSR count). The number of rotatable bonds is 1. The van der Waals surface area contributed by atoms with Gasteiger partial charge in [-0.15, -0.1) is 0 Å². The topological polar surface area (TPSA) is 38.2 Å². The van der Waals surface area contributed by atoms with E-state index in [2.05, 4.69) is 36.9 Å². The van der Waals surface area contributed by atoms with Crippen molar-refractivity contribution in [2.75, 3.05) is 31.2 Å². The van der Waals surface area contributed by atoms with Crippen LogP contribution in [0.4, 0.5) is 5.69 Å². The molecule has 4 nitrogen and oxygen atoms in total. The van der Waals surface area contributed by atoms with Gasteiger partial charge in [0.25, 0.3) is 0 Å². The Morgan fingerprint density at radius 3 is 3.10 bits per heavy atom. The maximum atomic E-state index is 5.61. The Labute approximate surface area is 126 Å². The molecule has 2 aromatic rings. The Kier molecular flexibility index (Phi) is 2.93. The Morgan fingerprint density at radius 2 is 2.25 bits per heavy atom. The monoisotopic (exact) mass is 333 g/mol. The summed E-state index contributed by atoms with van der Waals surface area (Å²) in [6.45, 7) is 3.98. The van der Waals surface area contributed by atoms with Gasteiger partial charge in [0.1, 0.15) is 5.52 Å². The summed E-state index contributed by atoms with van der Waals surface area (Å²) in [6.07, 6.45) is 6.12. The second kappa shape index (κ2) is 4.67. The second-order valence-electron chi connectivity index (χ2n) is 5.83. The van der Waals surface area contributed by atoms with Gasteiger partial charge in [-0.05, 0) is 40.9 Å². The Balaban J connectivity index is 1.72. The second-order valence-corrected chi connectivity index (χ2v) is 6.74. The Hall–Kier alpha value is -1.20. The maximum Gasteiger partial charge on any atom is 0.112 e. The molecule has 0 N–H and O–H groups in total. The third kappa shape index (κ3) is 2.00. The molecule has 0 aliphatic carbocycles. The summed E-state index contributed by atoms with van der Waals surface area (Å²) in [4.78, 5) is 11.4. The molecule has 2 aliphatic heterocycles. The number of anilines is 1. The van der Waals surface area contributed by atoms with Gasteiger partial charge in [0.05, 0.1) is 17.8 Å². The lowest BCUT2D eigenvalue weighted by Crippen LogP contribution is -2.27. The summed E-state index contributed by atoms with van der Waals surface area (Å²) in [5, 5.41) is 0. The fourth-order valence-electron chi connectivity index (χ4n) is 3.36. The van der Waals surface area contributed by atoms with Crippen molar-refractivity contribution in [3.63, 3.8) is 0 Å². The minimum Gasteiger partial charge on any atom is -0.381 e. The summed E-state index contributed by atoms with van der Waals surface area (Å²) in [5.41, 5.74) is 3.50. The van der Waals surface area contributed by atoms with Crippen molar-refractivity contribution in [2.24, 2.45) is 5.41 Å². The van der Waals surface area contributed by atoms with Crippen molar-refractivity contribution in [1.82, 2.24) is 9.97 Å². The van der Waals surface area contributed by atoms with Gasteiger partial charge >= 0.3 is 0 Å². The summed E-state index contributed by atoms with van der Waals surface area (Å²) in [7, 11) is 0. The third-order valence-electron chi connectivity index (χ3n) is 4.49. The molecule has 0 radical (unpaired) electrons. The van der Waals surface area contributed by atoms with Crippen molar-refractivity contribution < 1.29 is 4.74 Å². The van der Waals surface area contributed by atoms with Crippen LogP contribution in [-0.2, 0) is 4.74 Å². The van der Waals surface area contributed by atoms with Gasteiger partial charge in [0.2, 0.25) is 0 Å². The fourth-order valence-corrected chi connectivity index (χ4v) is 3.68. The average molecular weight is 334 g/mol. The molecule has 1 atom stereocenters. The molecule has 0 bridgehead atoms. The highest BCUT2D eigenvalue weighted by atomic mass is 79.9. The zero-order valence-corrected chi connectivity index (χ0v) is 12.8. The Bertz CT molecular complexity index is 655. The number of pyridine rings is 2. The summed E-state index contributed by atoms with van der Waals surface area (Å²) in [5.74, 6) is 0. The molecule has 2 saturated heterocycles. The van der Waals surface area contributed by atoms with Crippen LogP contribution in [0.15, 0.2) is 29.0 Å². The predicted octanol–water partition coefficient (Wildman–Crippen LogP) is 3.01. The van der Waals surface area contributed by atoms with Crippen LogP contribution >= 0.6 is 15.9 Å². The highest BCUT2D eigenvalue weighted by Crippen LogP contribution is 2.41. The molecule has 1 spiro atoms. The number of ether oxygens (including phenoxy) is 1. The molecule has 4 heterocycles. The van der Waals surface area contributed by atoms with E-state index in [4.69, 9.17) is 4.74 Å². The van der Waals surface area contributed by atoms with Crippen molar-refractivity contribution in [2.45, 2.75) is 12.8 Å². The molecular weight excluding hydrogens is 318 g/mol. The lowest BCUT2D eigenvalue weighted by Gasteiger charge is -2.23. The third-order valence-corrected chi connectivity index (χ3v) is 4.92. The summed E-state index contributed by atoms with van der Waals surface area (Å²) in [6, 6.07) is 4.11. The van der Waals surface area contributed by atoms with Crippen LogP contribution in [0, 0.1) is 5.41 Å². The van der Waals surface area contributed by atoms with E-state index in [1.807, 2.05) is 18.5 Å². The standard InChI is InChI=1S/C15H16BrN3O/c16-11-7-12-14(18-8-11)13(1-4-17-12)19-5-2-15(9-19)3-6-20-10-15/h1,4,7-8H,2-3,5-6,9-10H2. The molecule has 5 heteroatoms. The molecule has 104 valence electrons. The zero-order chi connectivity index (χ0) is 13.6.